The summed E-state index contributed by atoms with van der Waals surface area (Å²) in [4.78, 5) is 10.8. The van der Waals surface area contributed by atoms with Crippen molar-refractivity contribution in [1.82, 2.24) is 0 Å². The van der Waals surface area contributed by atoms with Gasteiger partial charge in [0.15, 0.2) is 0 Å². The van der Waals surface area contributed by atoms with Gasteiger partial charge in [-0.2, -0.15) is 0 Å². The van der Waals surface area contributed by atoms with Crippen molar-refractivity contribution in [3.05, 3.63) is 11.6 Å². The summed E-state index contributed by atoms with van der Waals surface area (Å²) in [5.41, 5.74) is 1.05. The zero-order valence-corrected chi connectivity index (χ0v) is 7.50. The van der Waals surface area contributed by atoms with Crippen LogP contribution in [0.25, 0.3) is 0 Å². The van der Waals surface area contributed by atoms with Gasteiger partial charge in [-0.05, 0) is 13.3 Å². The van der Waals surface area contributed by atoms with Crippen molar-refractivity contribution in [3.63, 3.8) is 0 Å². The van der Waals surface area contributed by atoms with E-state index in [0.29, 0.717) is 5.92 Å². The lowest BCUT2D eigenvalue weighted by Gasteiger charge is -2.06. The molecule has 0 aromatic carbocycles. The van der Waals surface area contributed by atoms with Crippen LogP contribution < -0.4 is 0 Å². The summed E-state index contributed by atoms with van der Waals surface area (Å²) in [6.07, 6.45) is 2.55. The first-order valence-corrected chi connectivity index (χ1v) is 4.08. The number of esters is 1. The van der Waals surface area contributed by atoms with Crippen molar-refractivity contribution in [2.75, 3.05) is 20.3 Å². The molecule has 3 heteroatoms. The molecule has 12 heavy (non-hydrogen) atoms. The summed E-state index contributed by atoms with van der Waals surface area (Å²) < 4.78 is 9.72. The van der Waals surface area contributed by atoms with E-state index in [1.807, 2.05) is 6.92 Å². The minimum atomic E-state index is -0.278. The third-order valence-corrected chi connectivity index (χ3v) is 2.12. The molecule has 0 spiro atoms. The quantitative estimate of drug-likeness (QED) is 0.460. The molecule has 0 aromatic rings. The fourth-order valence-corrected chi connectivity index (χ4v) is 1.26. The SMILES string of the molecule is COC(=O)/C=C(/C)C1CCOC1. The zero-order chi connectivity index (χ0) is 8.97. The van der Waals surface area contributed by atoms with Crippen LogP contribution in [0.1, 0.15) is 13.3 Å². The number of hydrogen-bond donors (Lipinski definition) is 0. The Labute approximate surface area is 72.4 Å². The van der Waals surface area contributed by atoms with Crippen LogP contribution in [0, 0.1) is 5.92 Å². The summed E-state index contributed by atoms with van der Waals surface area (Å²) in [6, 6.07) is 0. The molecule has 1 saturated heterocycles. The molecule has 1 unspecified atom stereocenters. The van der Waals surface area contributed by atoms with Gasteiger partial charge in [0, 0.05) is 18.6 Å². The van der Waals surface area contributed by atoms with Crippen LogP contribution in [-0.4, -0.2) is 26.3 Å². The minimum Gasteiger partial charge on any atom is -0.466 e. The first-order chi connectivity index (χ1) is 5.74. The van der Waals surface area contributed by atoms with Crippen molar-refractivity contribution in [3.8, 4) is 0 Å². The van der Waals surface area contributed by atoms with Gasteiger partial charge in [0.1, 0.15) is 0 Å². The Kier molecular flexibility index (Phi) is 3.29. The van der Waals surface area contributed by atoms with Gasteiger partial charge in [-0.1, -0.05) is 5.57 Å². The second kappa shape index (κ2) is 4.26. The third-order valence-electron chi connectivity index (χ3n) is 2.12. The lowest BCUT2D eigenvalue weighted by molar-refractivity contribution is -0.134. The highest BCUT2D eigenvalue weighted by molar-refractivity contribution is 5.82. The van der Waals surface area contributed by atoms with Crippen molar-refractivity contribution in [1.29, 1.82) is 0 Å². The molecule has 0 N–H and O–H groups in total. The van der Waals surface area contributed by atoms with Crippen LogP contribution in [-0.2, 0) is 14.3 Å². The predicted octanol–water partition coefficient (Wildman–Crippen LogP) is 1.14. The normalized spacial score (nSPS) is 24.2. The average Bonchev–Trinajstić information content (AvgIpc) is 2.56. The highest BCUT2D eigenvalue weighted by Crippen LogP contribution is 2.20. The second-order valence-electron chi connectivity index (χ2n) is 2.97. The molecular weight excluding hydrogens is 156 g/mol. The molecule has 3 nitrogen and oxygen atoms in total. The summed E-state index contributed by atoms with van der Waals surface area (Å²) >= 11 is 0. The van der Waals surface area contributed by atoms with E-state index in [1.54, 1.807) is 6.08 Å². The van der Waals surface area contributed by atoms with Gasteiger partial charge in [0.05, 0.1) is 13.7 Å². The van der Waals surface area contributed by atoms with Crippen LogP contribution >= 0.6 is 0 Å². The summed E-state index contributed by atoms with van der Waals surface area (Å²) in [5.74, 6) is 0.128. The van der Waals surface area contributed by atoms with E-state index in [0.717, 1.165) is 25.2 Å². The van der Waals surface area contributed by atoms with Gasteiger partial charge in [0.25, 0.3) is 0 Å². The van der Waals surface area contributed by atoms with Crippen LogP contribution in [0.15, 0.2) is 11.6 Å². The van der Waals surface area contributed by atoms with E-state index >= 15 is 0 Å². The summed E-state index contributed by atoms with van der Waals surface area (Å²) in [6.45, 7) is 3.48. The second-order valence-corrected chi connectivity index (χ2v) is 2.97. The Morgan fingerprint density at radius 2 is 2.42 bits per heavy atom. The van der Waals surface area contributed by atoms with Crippen LogP contribution in [0.3, 0.4) is 0 Å². The van der Waals surface area contributed by atoms with Gasteiger partial charge in [-0.15, -0.1) is 0 Å². The molecule has 0 radical (unpaired) electrons. The summed E-state index contributed by atoms with van der Waals surface area (Å²) in [5, 5.41) is 0. The maximum absolute atomic E-state index is 10.8. The largest absolute Gasteiger partial charge is 0.466 e. The molecule has 1 fully saturated rings. The van der Waals surface area contributed by atoms with Crippen molar-refractivity contribution in [2.24, 2.45) is 5.92 Å². The standard InChI is InChI=1S/C9H14O3/c1-7(5-9(10)11-2)8-3-4-12-6-8/h5,8H,3-4,6H2,1-2H3/b7-5-. The fraction of sp³-hybridized carbons (Fsp3) is 0.667. The van der Waals surface area contributed by atoms with Crippen molar-refractivity contribution >= 4 is 5.97 Å². The maximum Gasteiger partial charge on any atom is 0.330 e. The molecule has 0 aliphatic carbocycles. The molecule has 0 bridgehead atoms. The zero-order valence-electron chi connectivity index (χ0n) is 7.50. The van der Waals surface area contributed by atoms with Gasteiger partial charge < -0.3 is 9.47 Å². The number of methoxy groups -OCH3 is 1. The smallest absolute Gasteiger partial charge is 0.330 e. The Balaban J connectivity index is 2.49. The lowest BCUT2D eigenvalue weighted by Crippen LogP contribution is -2.04. The van der Waals surface area contributed by atoms with Gasteiger partial charge in [-0.25, -0.2) is 4.79 Å². The van der Waals surface area contributed by atoms with E-state index in [-0.39, 0.29) is 5.97 Å². The number of hydrogen-bond acceptors (Lipinski definition) is 3. The Bertz CT molecular complexity index is 190. The van der Waals surface area contributed by atoms with E-state index in [2.05, 4.69) is 4.74 Å². The maximum atomic E-state index is 10.8. The number of rotatable bonds is 2. The van der Waals surface area contributed by atoms with Crippen LogP contribution in [0.4, 0.5) is 0 Å². The third kappa shape index (κ3) is 2.34. The van der Waals surface area contributed by atoms with Gasteiger partial charge in [-0.3, -0.25) is 0 Å². The fourth-order valence-electron chi connectivity index (χ4n) is 1.26. The van der Waals surface area contributed by atoms with Crippen LogP contribution in [0.2, 0.25) is 0 Å². The Morgan fingerprint density at radius 3 is 2.92 bits per heavy atom. The molecule has 1 aliphatic heterocycles. The highest BCUT2D eigenvalue weighted by atomic mass is 16.5. The van der Waals surface area contributed by atoms with E-state index in [1.165, 1.54) is 7.11 Å². The van der Waals surface area contributed by atoms with Crippen molar-refractivity contribution < 1.29 is 14.3 Å². The van der Waals surface area contributed by atoms with Crippen molar-refractivity contribution in [2.45, 2.75) is 13.3 Å². The Hall–Kier alpha value is -0.830. The first-order valence-electron chi connectivity index (χ1n) is 4.08. The number of ether oxygens (including phenoxy) is 2. The molecule has 68 valence electrons. The molecule has 0 amide bonds. The van der Waals surface area contributed by atoms with E-state index < -0.39 is 0 Å². The van der Waals surface area contributed by atoms with E-state index in [4.69, 9.17) is 4.74 Å². The molecule has 1 heterocycles. The molecular formula is C9H14O3. The first kappa shape index (κ1) is 9.26. The molecule has 1 rings (SSSR count). The number of carbonyl (C=O) groups excluding carboxylic acids is 1. The predicted molar refractivity (Wildman–Crippen MR) is 44.7 cm³/mol. The lowest BCUT2D eigenvalue weighted by atomic mass is 10.00. The van der Waals surface area contributed by atoms with E-state index in [9.17, 15) is 4.79 Å². The average molecular weight is 170 g/mol. The monoisotopic (exact) mass is 170 g/mol. The molecule has 0 saturated carbocycles. The molecule has 1 atom stereocenters. The Morgan fingerprint density at radius 1 is 1.67 bits per heavy atom. The topological polar surface area (TPSA) is 35.5 Å². The van der Waals surface area contributed by atoms with Gasteiger partial charge >= 0.3 is 5.97 Å². The summed E-state index contributed by atoms with van der Waals surface area (Å²) in [7, 11) is 1.39. The minimum absolute atomic E-state index is 0.278. The number of carbonyl (C=O) groups is 1. The highest BCUT2D eigenvalue weighted by Gasteiger charge is 2.17. The van der Waals surface area contributed by atoms with Crippen LogP contribution in [0.5, 0.6) is 0 Å². The molecule has 1 aliphatic rings. The van der Waals surface area contributed by atoms with Gasteiger partial charge in [0.2, 0.25) is 0 Å². The molecule has 0 aromatic heterocycles.